The third-order valence-corrected chi connectivity index (χ3v) is 4.59. The Labute approximate surface area is 118 Å². The zero-order chi connectivity index (χ0) is 14.4. The minimum atomic E-state index is 0.369. The van der Waals surface area contributed by atoms with Crippen molar-refractivity contribution in [3.8, 4) is 0 Å². The van der Waals surface area contributed by atoms with E-state index in [1.54, 1.807) is 6.92 Å². The van der Waals surface area contributed by atoms with Gasteiger partial charge in [0.2, 0.25) is 0 Å². The summed E-state index contributed by atoms with van der Waals surface area (Å²) in [5, 5.41) is 0. The fourth-order valence-corrected chi connectivity index (χ4v) is 3.36. The van der Waals surface area contributed by atoms with Gasteiger partial charge in [-0.15, -0.1) is 0 Å². The van der Waals surface area contributed by atoms with Crippen LogP contribution in [0, 0.1) is 23.7 Å². The van der Waals surface area contributed by atoms with Gasteiger partial charge in [0.25, 0.3) is 0 Å². The summed E-state index contributed by atoms with van der Waals surface area (Å²) in [6.07, 6.45) is 7.48. The number of ketones is 2. The normalized spacial score (nSPS) is 32.4. The molecular formula is C17H30O2. The molecule has 0 aromatic carbocycles. The first kappa shape index (κ1) is 16.4. The van der Waals surface area contributed by atoms with Gasteiger partial charge in [-0.25, -0.2) is 0 Å². The van der Waals surface area contributed by atoms with E-state index < -0.39 is 0 Å². The van der Waals surface area contributed by atoms with Crippen molar-refractivity contribution >= 4 is 11.6 Å². The Balaban J connectivity index is 0.000000200. The SMILES string of the molecule is CC(=O)C1CC(C)CC(C)C1.CC1CCC(=O)CC1. The molecule has 2 fully saturated rings. The van der Waals surface area contributed by atoms with Crippen LogP contribution in [0.4, 0.5) is 0 Å². The monoisotopic (exact) mass is 266 g/mol. The van der Waals surface area contributed by atoms with Crippen molar-refractivity contribution in [2.75, 3.05) is 0 Å². The smallest absolute Gasteiger partial charge is 0.132 e. The minimum Gasteiger partial charge on any atom is -0.300 e. The van der Waals surface area contributed by atoms with Crippen LogP contribution in [0.5, 0.6) is 0 Å². The van der Waals surface area contributed by atoms with E-state index in [1.165, 1.54) is 6.42 Å². The van der Waals surface area contributed by atoms with E-state index in [1.807, 2.05) is 0 Å². The van der Waals surface area contributed by atoms with Gasteiger partial charge in [0.15, 0.2) is 0 Å². The van der Waals surface area contributed by atoms with Crippen molar-refractivity contribution in [2.24, 2.45) is 23.7 Å². The van der Waals surface area contributed by atoms with Crippen LogP contribution in [0.15, 0.2) is 0 Å². The molecule has 2 unspecified atom stereocenters. The number of Topliss-reactive ketones (excluding diaryl/α,β-unsaturated/α-hetero) is 2. The maximum atomic E-state index is 11.1. The van der Waals surface area contributed by atoms with E-state index in [4.69, 9.17) is 0 Å². The summed E-state index contributed by atoms with van der Waals surface area (Å²) in [4.78, 5) is 21.7. The van der Waals surface area contributed by atoms with Crippen LogP contribution in [0.3, 0.4) is 0 Å². The lowest BCUT2D eigenvalue weighted by atomic mass is 9.75. The number of rotatable bonds is 1. The van der Waals surface area contributed by atoms with E-state index in [0.717, 1.165) is 56.3 Å². The molecule has 2 aliphatic carbocycles. The van der Waals surface area contributed by atoms with Crippen LogP contribution in [0.25, 0.3) is 0 Å². The molecule has 0 heterocycles. The number of carbonyl (C=O) groups excluding carboxylic acids is 2. The number of hydrogen-bond donors (Lipinski definition) is 0. The van der Waals surface area contributed by atoms with Gasteiger partial charge in [-0.1, -0.05) is 20.8 Å². The second-order valence-corrected chi connectivity index (χ2v) is 6.95. The van der Waals surface area contributed by atoms with Crippen LogP contribution in [-0.2, 0) is 9.59 Å². The van der Waals surface area contributed by atoms with Crippen molar-refractivity contribution in [1.82, 2.24) is 0 Å². The quantitative estimate of drug-likeness (QED) is 0.704. The molecule has 2 nitrogen and oxygen atoms in total. The lowest BCUT2D eigenvalue weighted by molar-refractivity contribution is -0.122. The molecule has 0 amide bonds. The average Bonchev–Trinajstić information content (AvgIpc) is 2.32. The first-order valence-corrected chi connectivity index (χ1v) is 7.90. The highest BCUT2D eigenvalue weighted by Gasteiger charge is 2.26. The van der Waals surface area contributed by atoms with Crippen molar-refractivity contribution in [3.63, 3.8) is 0 Å². The van der Waals surface area contributed by atoms with Crippen molar-refractivity contribution in [3.05, 3.63) is 0 Å². The summed E-state index contributed by atoms with van der Waals surface area (Å²) in [7, 11) is 0. The second-order valence-electron chi connectivity index (χ2n) is 6.95. The number of carbonyl (C=O) groups is 2. The average molecular weight is 266 g/mol. The molecule has 0 spiro atoms. The molecule has 19 heavy (non-hydrogen) atoms. The lowest BCUT2D eigenvalue weighted by Crippen LogP contribution is -2.24. The maximum absolute atomic E-state index is 11.1. The number of hydrogen-bond acceptors (Lipinski definition) is 2. The lowest BCUT2D eigenvalue weighted by Gasteiger charge is -2.29. The van der Waals surface area contributed by atoms with Crippen LogP contribution < -0.4 is 0 Å². The van der Waals surface area contributed by atoms with Gasteiger partial charge in [-0.2, -0.15) is 0 Å². The van der Waals surface area contributed by atoms with E-state index in [2.05, 4.69) is 20.8 Å². The van der Waals surface area contributed by atoms with Crippen molar-refractivity contribution < 1.29 is 9.59 Å². The van der Waals surface area contributed by atoms with Gasteiger partial charge in [-0.3, -0.25) is 9.59 Å². The van der Waals surface area contributed by atoms with E-state index in [9.17, 15) is 9.59 Å². The Morgan fingerprint density at radius 3 is 1.74 bits per heavy atom. The predicted octanol–water partition coefficient (Wildman–Crippen LogP) is 4.41. The van der Waals surface area contributed by atoms with E-state index in [0.29, 0.717) is 17.5 Å². The molecule has 0 aliphatic heterocycles. The van der Waals surface area contributed by atoms with Gasteiger partial charge >= 0.3 is 0 Å². The highest BCUT2D eigenvalue weighted by Crippen LogP contribution is 2.33. The molecular weight excluding hydrogens is 236 g/mol. The van der Waals surface area contributed by atoms with Gasteiger partial charge in [-0.05, 0) is 56.8 Å². The fourth-order valence-electron chi connectivity index (χ4n) is 3.36. The third-order valence-electron chi connectivity index (χ3n) is 4.59. The molecule has 2 heteroatoms. The fraction of sp³-hybridized carbons (Fsp3) is 0.882. The molecule has 2 aliphatic rings. The summed E-state index contributed by atoms with van der Waals surface area (Å²) < 4.78 is 0. The van der Waals surface area contributed by atoms with Crippen LogP contribution in [0.1, 0.15) is 72.6 Å². The highest BCUT2D eigenvalue weighted by molar-refractivity contribution is 5.79. The van der Waals surface area contributed by atoms with Crippen LogP contribution in [0.2, 0.25) is 0 Å². The highest BCUT2D eigenvalue weighted by atomic mass is 16.1. The minimum absolute atomic E-state index is 0.369. The Bertz CT molecular complexity index is 288. The summed E-state index contributed by atoms with van der Waals surface area (Å²) in [5.74, 6) is 3.54. The maximum Gasteiger partial charge on any atom is 0.132 e. The summed E-state index contributed by atoms with van der Waals surface area (Å²) in [6, 6.07) is 0. The van der Waals surface area contributed by atoms with Crippen LogP contribution >= 0.6 is 0 Å². The van der Waals surface area contributed by atoms with Gasteiger partial charge in [0, 0.05) is 18.8 Å². The van der Waals surface area contributed by atoms with E-state index >= 15 is 0 Å². The summed E-state index contributed by atoms with van der Waals surface area (Å²) >= 11 is 0. The molecule has 0 aromatic rings. The third kappa shape index (κ3) is 6.35. The van der Waals surface area contributed by atoms with Gasteiger partial charge in [0.05, 0.1) is 0 Å². The Kier molecular flexibility index (Phi) is 6.74. The van der Waals surface area contributed by atoms with E-state index in [-0.39, 0.29) is 0 Å². The summed E-state index contributed by atoms with van der Waals surface area (Å²) in [6.45, 7) is 8.46. The first-order chi connectivity index (χ1) is 8.88. The Morgan fingerprint density at radius 1 is 0.895 bits per heavy atom. The molecule has 0 N–H and O–H groups in total. The molecule has 2 saturated carbocycles. The predicted molar refractivity (Wildman–Crippen MR) is 79.0 cm³/mol. The second kappa shape index (κ2) is 7.81. The standard InChI is InChI=1S/C10H18O.C7H12O/c1-7-4-8(2)6-10(5-7)9(3)11;1-6-2-4-7(8)5-3-6/h7-8,10H,4-6H2,1-3H3;6H,2-5H2,1H3. The largest absolute Gasteiger partial charge is 0.300 e. The Morgan fingerprint density at radius 2 is 1.37 bits per heavy atom. The van der Waals surface area contributed by atoms with Crippen LogP contribution in [-0.4, -0.2) is 11.6 Å². The van der Waals surface area contributed by atoms with Crippen molar-refractivity contribution in [2.45, 2.75) is 72.6 Å². The molecule has 0 aromatic heterocycles. The zero-order valence-electron chi connectivity index (χ0n) is 13.1. The summed E-state index contributed by atoms with van der Waals surface area (Å²) in [5.41, 5.74) is 0. The molecule has 2 atom stereocenters. The molecule has 0 radical (unpaired) electrons. The van der Waals surface area contributed by atoms with Gasteiger partial charge < -0.3 is 0 Å². The van der Waals surface area contributed by atoms with Crippen molar-refractivity contribution in [1.29, 1.82) is 0 Å². The zero-order valence-corrected chi connectivity index (χ0v) is 13.1. The topological polar surface area (TPSA) is 34.1 Å². The Hall–Kier alpha value is -0.660. The molecule has 0 saturated heterocycles. The molecule has 110 valence electrons. The first-order valence-electron chi connectivity index (χ1n) is 7.90. The van der Waals surface area contributed by atoms with Gasteiger partial charge in [0.1, 0.15) is 11.6 Å². The molecule has 2 rings (SSSR count). The molecule has 0 bridgehead atoms.